The minimum atomic E-state index is -1.21. The van der Waals surface area contributed by atoms with Crippen molar-refractivity contribution in [2.75, 3.05) is 13.2 Å². The van der Waals surface area contributed by atoms with Crippen molar-refractivity contribution in [1.29, 1.82) is 0 Å². The minimum Gasteiger partial charge on any atom is -0.458 e. The molecule has 208 valence electrons. The molecule has 1 rings (SSSR count). The second kappa shape index (κ2) is 22.7. The lowest BCUT2D eigenvalue weighted by Gasteiger charge is -2.15. The van der Waals surface area contributed by atoms with Gasteiger partial charge in [-0.05, 0) is 38.5 Å². The summed E-state index contributed by atoms with van der Waals surface area (Å²) in [5.74, 6) is 0.769. The van der Waals surface area contributed by atoms with E-state index in [9.17, 15) is 29.8 Å². The molecule has 1 aliphatic rings. The van der Waals surface area contributed by atoms with Gasteiger partial charge >= 0.3 is 5.97 Å². The van der Waals surface area contributed by atoms with E-state index in [1.165, 1.54) is 57.8 Å². The van der Waals surface area contributed by atoms with Crippen LogP contribution < -0.4 is 0 Å². The van der Waals surface area contributed by atoms with Gasteiger partial charge in [0.15, 0.2) is 0 Å². The van der Waals surface area contributed by atoms with E-state index < -0.39 is 35.5 Å². The Hall–Kier alpha value is -2.72. The molecule has 1 fully saturated rings. The summed E-state index contributed by atoms with van der Waals surface area (Å²) in [5.41, 5.74) is 0. The van der Waals surface area contributed by atoms with Crippen LogP contribution in [-0.4, -0.2) is 41.2 Å². The predicted molar refractivity (Wildman–Crippen MR) is 134 cm³/mol. The average Bonchev–Trinajstić information content (AvgIpc) is 3.36. The zero-order valence-corrected chi connectivity index (χ0v) is 21.9. The number of allylic oxidation sites excluding steroid dienone is 2. The minimum absolute atomic E-state index is 0.0950. The molecule has 0 saturated heterocycles. The van der Waals surface area contributed by atoms with E-state index >= 15 is 0 Å². The highest BCUT2D eigenvalue weighted by Gasteiger charge is 2.18. The highest BCUT2D eigenvalue weighted by molar-refractivity contribution is 5.78. The Labute approximate surface area is 214 Å². The summed E-state index contributed by atoms with van der Waals surface area (Å²) in [5, 5.41) is 17.9. The quantitative estimate of drug-likeness (QED) is 0.0629. The van der Waals surface area contributed by atoms with Gasteiger partial charge in [-0.1, -0.05) is 70.4 Å². The van der Waals surface area contributed by atoms with Crippen LogP contribution in [0.4, 0.5) is 0 Å². The van der Waals surface area contributed by atoms with Crippen molar-refractivity contribution < 1.29 is 34.2 Å². The molecule has 0 aromatic rings. The number of ketones is 1. The lowest BCUT2D eigenvalue weighted by Crippen LogP contribution is -2.30. The number of hydrogen-bond donors (Lipinski definition) is 0. The molecule has 0 heterocycles. The molecule has 0 aromatic carbocycles. The highest BCUT2D eigenvalue weighted by atomic mass is 17.0. The summed E-state index contributed by atoms with van der Waals surface area (Å²) in [7, 11) is 0. The number of ether oxygens (including phenoxy) is 1. The average molecular weight is 517 g/mol. The molecule has 1 saturated carbocycles. The topological polar surface area (TPSA) is 148 Å². The summed E-state index contributed by atoms with van der Waals surface area (Å²) >= 11 is 0. The van der Waals surface area contributed by atoms with Crippen LogP contribution >= 0.6 is 0 Å². The summed E-state index contributed by atoms with van der Waals surface area (Å²) in [4.78, 5) is 51.1. The standard InChI is InChI=1S/C15H28O.C10H16N2O8/c1-2-3-4-5-6-11-15(16)13-12-14-9-7-8-10-14;1-2-3-4-5-6-10(13)20-9(7-18-11(14)15)8-19-12(16)17/h14H,2-13H2,1H3;2-3,9H,4-8H2,1H3/b;3-2-. The van der Waals surface area contributed by atoms with E-state index in [1.807, 2.05) is 19.1 Å². The lowest BCUT2D eigenvalue weighted by molar-refractivity contribution is -0.768. The van der Waals surface area contributed by atoms with Crippen LogP contribution in [0, 0.1) is 26.1 Å². The van der Waals surface area contributed by atoms with E-state index in [2.05, 4.69) is 16.6 Å². The molecule has 0 amide bonds. The van der Waals surface area contributed by atoms with Crippen LogP contribution in [0.3, 0.4) is 0 Å². The number of hydrogen-bond acceptors (Lipinski definition) is 9. The Morgan fingerprint density at radius 1 is 0.917 bits per heavy atom. The SMILES string of the molecule is C/C=C\CCCC(=O)OC(CO[N+](=O)[O-])CO[N+](=O)[O-].CCCCCCCC(=O)CCC1CCCC1. The van der Waals surface area contributed by atoms with E-state index in [-0.39, 0.29) is 6.42 Å². The van der Waals surface area contributed by atoms with E-state index in [1.54, 1.807) is 0 Å². The van der Waals surface area contributed by atoms with Crippen molar-refractivity contribution in [1.82, 2.24) is 0 Å². The Morgan fingerprint density at radius 3 is 2.08 bits per heavy atom. The van der Waals surface area contributed by atoms with Gasteiger partial charge < -0.3 is 14.4 Å². The van der Waals surface area contributed by atoms with Crippen molar-refractivity contribution in [3.8, 4) is 0 Å². The molecule has 0 aromatic heterocycles. The second-order valence-corrected chi connectivity index (χ2v) is 9.00. The number of esters is 1. The first-order valence-corrected chi connectivity index (χ1v) is 13.1. The molecule has 11 heteroatoms. The fourth-order valence-electron chi connectivity index (χ4n) is 3.89. The smallest absolute Gasteiger partial charge is 0.306 e. The normalized spacial score (nSPS) is 13.3. The number of carbonyl (C=O) groups is 2. The molecular weight excluding hydrogens is 472 g/mol. The maximum atomic E-state index is 11.6. The molecule has 11 nitrogen and oxygen atoms in total. The first kappa shape index (κ1) is 33.3. The van der Waals surface area contributed by atoms with Crippen molar-refractivity contribution in [2.24, 2.45) is 5.92 Å². The predicted octanol–water partition coefficient (Wildman–Crippen LogP) is 5.95. The number of nitrogens with zero attached hydrogens (tertiary/aromatic N) is 2. The van der Waals surface area contributed by atoms with E-state index in [4.69, 9.17) is 4.74 Å². The van der Waals surface area contributed by atoms with Gasteiger partial charge in [-0.15, -0.1) is 20.2 Å². The molecule has 0 radical (unpaired) electrons. The van der Waals surface area contributed by atoms with Crippen molar-refractivity contribution in [3.05, 3.63) is 32.4 Å². The summed E-state index contributed by atoms with van der Waals surface area (Å²) < 4.78 is 4.81. The van der Waals surface area contributed by atoms with Gasteiger partial charge in [0, 0.05) is 19.3 Å². The highest BCUT2D eigenvalue weighted by Crippen LogP contribution is 2.28. The fraction of sp³-hybridized carbons (Fsp3) is 0.840. The van der Waals surface area contributed by atoms with Gasteiger partial charge in [0.2, 0.25) is 0 Å². The third kappa shape index (κ3) is 21.8. The maximum absolute atomic E-state index is 11.6. The molecule has 36 heavy (non-hydrogen) atoms. The third-order valence-electron chi connectivity index (χ3n) is 5.88. The number of rotatable bonds is 20. The van der Waals surface area contributed by atoms with Crippen LogP contribution in [0.25, 0.3) is 0 Å². The van der Waals surface area contributed by atoms with Crippen LogP contribution in [0.15, 0.2) is 12.2 Å². The summed E-state index contributed by atoms with van der Waals surface area (Å²) in [6.07, 6.45) is 18.6. The zero-order chi connectivity index (χ0) is 27.0. The van der Waals surface area contributed by atoms with Gasteiger partial charge in [-0.2, -0.15) is 0 Å². The summed E-state index contributed by atoms with van der Waals surface area (Å²) in [6, 6.07) is 0. The van der Waals surface area contributed by atoms with Gasteiger partial charge in [0.1, 0.15) is 25.1 Å². The van der Waals surface area contributed by atoms with Crippen LogP contribution in [0.5, 0.6) is 0 Å². The third-order valence-corrected chi connectivity index (χ3v) is 5.88. The molecule has 0 bridgehead atoms. The fourth-order valence-corrected chi connectivity index (χ4v) is 3.89. The van der Waals surface area contributed by atoms with Crippen LogP contribution in [0.2, 0.25) is 0 Å². The molecule has 1 aliphatic carbocycles. The van der Waals surface area contributed by atoms with Gasteiger partial charge in [0.25, 0.3) is 10.2 Å². The molecule has 0 spiro atoms. The first-order chi connectivity index (χ1) is 17.3. The molecule has 0 N–H and O–H groups in total. The first-order valence-electron chi connectivity index (χ1n) is 13.1. The summed E-state index contributed by atoms with van der Waals surface area (Å²) in [6.45, 7) is 2.83. The Morgan fingerprint density at radius 2 is 1.53 bits per heavy atom. The molecular formula is C25H44N2O9. The lowest BCUT2D eigenvalue weighted by atomic mass is 9.98. The Balaban J connectivity index is 0.000000696. The van der Waals surface area contributed by atoms with Crippen molar-refractivity contribution in [3.63, 3.8) is 0 Å². The second-order valence-electron chi connectivity index (χ2n) is 9.00. The monoisotopic (exact) mass is 516 g/mol. The van der Waals surface area contributed by atoms with Crippen molar-refractivity contribution >= 4 is 11.8 Å². The van der Waals surface area contributed by atoms with Gasteiger partial charge in [-0.3, -0.25) is 9.59 Å². The number of unbranched alkanes of at least 4 members (excludes halogenated alkanes) is 5. The van der Waals surface area contributed by atoms with E-state index in [0.717, 1.165) is 25.2 Å². The van der Waals surface area contributed by atoms with E-state index in [0.29, 0.717) is 18.6 Å². The maximum Gasteiger partial charge on any atom is 0.306 e. The van der Waals surface area contributed by atoms with Crippen LogP contribution in [0.1, 0.15) is 110 Å². The Kier molecular flexibility index (Phi) is 21.0. The molecule has 0 aliphatic heterocycles. The van der Waals surface area contributed by atoms with Gasteiger partial charge in [-0.25, -0.2) is 0 Å². The Bertz CT molecular complexity index is 631. The molecule has 0 unspecified atom stereocenters. The number of Topliss-reactive ketones (excluding diaryl/α,β-unsaturated/α-hetero) is 1. The van der Waals surface area contributed by atoms with Crippen LogP contribution in [-0.2, 0) is 24.0 Å². The zero-order valence-electron chi connectivity index (χ0n) is 21.9. The van der Waals surface area contributed by atoms with Crippen molar-refractivity contribution in [2.45, 2.75) is 116 Å². The van der Waals surface area contributed by atoms with Gasteiger partial charge in [0.05, 0.1) is 0 Å². The largest absolute Gasteiger partial charge is 0.458 e. The molecule has 0 atom stereocenters. The number of carbonyl (C=O) groups excluding carboxylic acids is 2.